The average Bonchev–Trinajstić information content (AvgIpc) is 2.50. The maximum atomic E-state index is 8.67. The Labute approximate surface area is 130 Å². The molecule has 0 aliphatic heterocycles. The number of rotatable bonds is 9. The van der Waals surface area contributed by atoms with Crippen molar-refractivity contribution in [3.8, 4) is 0 Å². The van der Waals surface area contributed by atoms with Gasteiger partial charge in [0, 0.05) is 44.4 Å². The van der Waals surface area contributed by atoms with Crippen molar-refractivity contribution in [1.29, 1.82) is 0 Å². The van der Waals surface area contributed by atoms with Crippen molar-refractivity contribution in [3.05, 3.63) is 34.3 Å². The zero-order valence-electron chi connectivity index (χ0n) is 12.4. The van der Waals surface area contributed by atoms with Gasteiger partial charge in [0.2, 0.25) is 0 Å². The fourth-order valence-corrected chi connectivity index (χ4v) is 2.08. The molecule has 3 N–H and O–H groups in total. The summed E-state index contributed by atoms with van der Waals surface area (Å²) in [5, 5.41) is 12.2. The van der Waals surface area contributed by atoms with Gasteiger partial charge in [-0.05, 0) is 11.6 Å². The van der Waals surface area contributed by atoms with Crippen LogP contribution in [-0.2, 0) is 16.0 Å². The van der Waals surface area contributed by atoms with E-state index >= 15 is 0 Å². The number of amidine groups is 1. The number of ether oxygens (including phenoxy) is 2. The molecule has 1 aromatic rings. The van der Waals surface area contributed by atoms with Crippen molar-refractivity contribution >= 4 is 17.4 Å². The largest absolute Gasteiger partial charge is 0.409 e. The number of nitrogens with zero attached hydrogens (tertiary/aromatic N) is 2. The Kier molecular flexibility index (Phi) is 8.07. The highest BCUT2D eigenvalue weighted by molar-refractivity contribution is 6.31. The SMILES string of the molecule is COCCN(CCOC)Cc1ccc(/C(N)=N/O)cc1Cl. The Hall–Kier alpha value is -1.34. The molecule has 21 heavy (non-hydrogen) atoms. The second-order valence-electron chi connectivity index (χ2n) is 4.55. The van der Waals surface area contributed by atoms with E-state index < -0.39 is 0 Å². The standard InChI is InChI=1S/C14H22ClN3O3/c1-20-7-5-18(6-8-21-2)10-12-4-3-11(9-13(12)15)14(16)17-19/h3-4,9,19H,5-8,10H2,1-2H3,(H2,16,17). The van der Waals surface area contributed by atoms with Gasteiger partial charge in [-0.15, -0.1) is 0 Å². The van der Waals surface area contributed by atoms with Crippen LogP contribution in [0, 0.1) is 0 Å². The molecule has 0 fully saturated rings. The van der Waals surface area contributed by atoms with Crippen molar-refractivity contribution < 1.29 is 14.7 Å². The lowest BCUT2D eigenvalue weighted by molar-refractivity contribution is 0.110. The van der Waals surface area contributed by atoms with Crippen molar-refractivity contribution in [1.82, 2.24) is 4.90 Å². The van der Waals surface area contributed by atoms with Gasteiger partial charge in [-0.25, -0.2) is 0 Å². The molecule has 6 nitrogen and oxygen atoms in total. The average molecular weight is 316 g/mol. The van der Waals surface area contributed by atoms with E-state index in [4.69, 9.17) is 32.0 Å². The van der Waals surface area contributed by atoms with Gasteiger partial charge in [-0.2, -0.15) is 0 Å². The summed E-state index contributed by atoms with van der Waals surface area (Å²) in [6, 6.07) is 5.35. The quantitative estimate of drug-likeness (QED) is 0.313. The van der Waals surface area contributed by atoms with Crippen LogP contribution in [-0.4, -0.2) is 56.5 Å². The molecule has 0 aliphatic rings. The summed E-state index contributed by atoms with van der Waals surface area (Å²) in [6.45, 7) is 3.55. The smallest absolute Gasteiger partial charge is 0.170 e. The lowest BCUT2D eigenvalue weighted by Crippen LogP contribution is -2.30. The minimum absolute atomic E-state index is 0.0408. The molecule has 0 aromatic heterocycles. The van der Waals surface area contributed by atoms with Crippen LogP contribution < -0.4 is 5.73 Å². The van der Waals surface area contributed by atoms with E-state index in [9.17, 15) is 0 Å². The summed E-state index contributed by atoms with van der Waals surface area (Å²) in [5.74, 6) is 0.0408. The number of oxime groups is 1. The normalized spacial score (nSPS) is 12.1. The van der Waals surface area contributed by atoms with E-state index in [1.165, 1.54) is 0 Å². The highest BCUT2D eigenvalue weighted by Crippen LogP contribution is 2.19. The summed E-state index contributed by atoms with van der Waals surface area (Å²) < 4.78 is 10.2. The predicted molar refractivity (Wildman–Crippen MR) is 83.0 cm³/mol. The molecule has 0 bridgehead atoms. The molecule has 1 aromatic carbocycles. The molecule has 0 aliphatic carbocycles. The van der Waals surface area contributed by atoms with Gasteiger partial charge in [0.1, 0.15) is 0 Å². The van der Waals surface area contributed by atoms with Crippen LogP contribution in [0.1, 0.15) is 11.1 Å². The maximum Gasteiger partial charge on any atom is 0.170 e. The molecule has 0 spiro atoms. The van der Waals surface area contributed by atoms with Gasteiger partial charge in [0.25, 0.3) is 0 Å². The summed E-state index contributed by atoms with van der Waals surface area (Å²) >= 11 is 6.26. The van der Waals surface area contributed by atoms with E-state index in [1.54, 1.807) is 26.4 Å². The van der Waals surface area contributed by atoms with Gasteiger partial charge < -0.3 is 20.4 Å². The Morgan fingerprint density at radius 2 is 1.90 bits per heavy atom. The summed E-state index contributed by atoms with van der Waals surface area (Å²) in [4.78, 5) is 2.19. The molecule has 0 amide bonds. The number of hydrogen-bond donors (Lipinski definition) is 2. The predicted octanol–water partition coefficient (Wildman–Crippen LogP) is 1.53. The Morgan fingerprint density at radius 1 is 1.29 bits per heavy atom. The van der Waals surface area contributed by atoms with Crippen molar-refractivity contribution in [2.75, 3.05) is 40.5 Å². The van der Waals surface area contributed by atoms with Gasteiger partial charge in [0.05, 0.1) is 13.2 Å². The number of hydrogen-bond acceptors (Lipinski definition) is 5. The first-order chi connectivity index (χ1) is 10.1. The van der Waals surface area contributed by atoms with Crippen LogP contribution >= 0.6 is 11.6 Å². The van der Waals surface area contributed by atoms with E-state index in [-0.39, 0.29) is 5.84 Å². The molecular weight excluding hydrogens is 294 g/mol. The van der Waals surface area contributed by atoms with E-state index in [2.05, 4.69) is 10.1 Å². The van der Waals surface area contributed by atoms with Crippen LogP contribution in [0.15, 0.2) is 23.4 Å². The molecule has 118 valence electrons. The van der Waals surface area contributed by atoms with Gasteiger partial charge in [-0.1, -0.05) is 28.9 Å². The lowest BCUT2D eigenvalue weighted by atomic mass is 10.1. The Morgan fingerprint density at radius 3 is 2.38 bits per heavy atom. The first-order valence-corrected chi connectivity index (χ1v) is 6.96. The molecule has 0 heterocycles. The molecule has 0 atom stereocenters. The number of nitrogens with two attached hydrogens (primary N) is 1. The second-order valence-corrected chi connectivity index (χ2v) is 4.96. The first kappa shape index (κ1) is 17.7. The first-order valence-electron chi connectivity index (χ1n) is 6.59. The summed E-state index contributed by atoms with van der Waals surface area (Å²) in [5.41, 5.74) is 7.10. The zero-order chi connectivity index (χ0) is 15.7. The number of methoxy groups -OCH3 is 2. The maximum absolute atomic E-state index is 8.67. The molecule has 0 saturated heterocycles. The highest BCUT2D eigenvalue weighted by Gasteiger charge is 2.10. The van der Waals surface area contributed by atoms with Crippen molar-refractivity contribution in [2.45, 2.75) is 6.54 Å². The zero-order valence-corrected chi connectivity index (χ0v) is 13.1. The lowest BCUT2D eigenvalue weighted by Gasteiger charge is -2.22. The van der Waals surface area contributed by atoms with Crippen molar-refractivity contribution in [3.63, 3.8) is 0 Å². The molecule has 7 heteroatoms. The van der Waals surface area contributed by atoms with Crippen LogP contribution in [0.2, 0.25) is 5.02 Å². The molecule has 0 radical (unpaired) electrons. The third kappa shape index (κ3) is 5.89. The highest BCUT2D eigenvalue weighted by atomic mass is 35.5. The van der Waals surface area contributed by atoms with Gasteiger partial charge in [0.15, 0.2) is 5.84 Å². The number of benzene rings is 1. The van der Waals surface area contributed by atoms with Crippen LogP contribution in [0.5, 0.6) is 0 Å². The molecule has 0 saturated carbocycles. The topological polar surface area (TPSA) is 80.3 Å². The minimum atomic E-state index is 0.0408. The third-order valence-corrected chi connectivity index (χ3v) is 3.43. The van der Waals surface area contributed by atoms with E-state index in [1.807, 2.05) is 6.07 Å². The van der Waals surface area contributed by atoms with Crippen LogP contribution in [0.25, 0.3) is 0 Å². The second kappa shape index (κ2) is 9.57. The Bertz CT molecular complexity index is 461. The monoisotopic (exact) mass is 315 g/mol. The Balaban J connectivity index is 2.78. The van der Waals surface area contributed by atoms with Gasteiger partial charge in [-0.3, -0.25) is 4.90 Å². The minimum Gasteiger partial charge on any atom is -0.409 e. The molecular formula is C14H22ClN3O3. The van der Waals surface area contributed by atoms with Gasteiger partial charge >= 0.3 is 0 Å². The van der Waals surface area contributed by atoms with E-state index in [0.29, 0.717) is 30.3 Å². The summed E-state index contributed by atoms with van der Waals surface area (Å²) in [6.07, 6.45) is 0. The fraction of sp³-hybridized carbons (Fsp3) is 0.500. The number of halogens is 1. The fourth-order valence-electron chi connectivity index (χ4n) is 1.84. The van der Waals surface area contributed by atoms with E-state index in [0.717, 1.165) is 18.7 Å². The third-order valence-electron chi connectivity index (χ3n) is 3.07. The van der Waals surface area contributed by atoms with Crippen LogP contribution in [0.3, 0.4) is 0 Å². The van der Waals surface area contributed by atoms with Crippen molar-refractivity contribution in [2.24, 2.45) is 10.9 Å². The summed E-state index contributed by atoms with van der Waals surface area (Å²) in [7, 11) is 3.35. The molecule has 0 unspecified atom stereocenters. The molecule has 1 rings (SSSR count). The van der Waals surface area contributed by atoms with Crippen LogP contribution in [0.4, 0.5) is 0 Å².